The van der Waals surface area contributed by atoms with Gasteiger partial charge in [0.1, 0.15) is 4.70 Å². The number of thiophene rings is 1. The van der Waals surface area contributed by atoms with E-state index in [2.05, 4.69) is 43.1 Å². The number of halogens is 1. The number of aliphatic hydroxyl groups is 1. The van der Waals surface area contributed by atoms with Crippen molar-refractivity contribution in [3.05, 3.63) is 68.3 Å². The van der Waals surface area contributed by atoms with E-state index in [1.54, 1.807) is 6.07 Å². The first-order valence-electron chi connectivity index (χ1n) is 8.47. The summed E-state index contributed by atoms with van der Waals surface area (Å²) in [6.07, 6.45) is 0. The number of pyridine rings is 1. The summed E-state index contributed by atoms with van der Waals surface area (Å²) in [5.74, 6) is 0.447. The number of benzene rings is 2. The van der Waals surface area contributed by atoms with Gasteiger partial charge in [-0.1, -0.05) is 49.7 Å². The Hall–Kier alpha value is -2.14. The molecule has 0 aliphatic carbocycles. The highest BCUT2D eigenvalue weighted by Gasteiger charge is 2.18. The SMILES string of the molecule is CC(C)c1ccc(-c2c(CO)cc(Cl)c3[nH]c(=O)c4sccc4c23)cc1. The zero-order valence-corrected chi connectivity index (χ0v) is 16.0. The molecule has 4 rings (SSSR count). The molecule has 2 N–H and O–H groups in total. The molecule has 26 heavy (non-hydrogen) atoms. The summed E-state index contributed by atoms with van der Waals surface area (Å²) in [4.78, 5) is 15.3. The minimum atomic E-state index is -0.137. The van der Waals surface area contributed by atoms with E-state index >= 15 is 0 Å². The summed E-state index contributed by atoms with van der Waals surface area (Å²) in [7, 11) is 0. The highest BCUT2D eigenvalue weighted by molar-refractivity contribution is 7.17. The molecule has 3 nitrogen and oxygen atoms in total. The van der Waals surface area contributed by atoms with Crippen LogP contribution in [0.3, 0.4) is 0 Å². The Kier molecular flexibility index (Phi) is 4.35. The lowest BCUT2D eigenvalue weighted by Crippen LogP contribution is -2.06. The van der Waals surface area contributed by atoms with Gasteiger partial charge < -0.3 is 10.1 Å². The maximum absolute atomic E-state index is 12.4. The maximum atomic E-state index is 12.4. The first-order chi connectivity index (χ1) is 12.5. The lowest BCUT2D eigenvalue weighted by Gasteiger charge is -2.15. The van der Waals surface area contributed by atoms with Crippen molar-refractivity contribution < 1.29 is 5.11 Å². The second-order valence-corrected chi connectivity index (χ2v) is 8.02. The normalized spacial score (nSPS) is 11.7. The van der Waals surface area contributed by atoms with Crippen molar-refractivity contribution in [2.75, 3.05) is 0 Å². The van der Waals surface area contributed by atoms with E-state index in [0.717, 1.165) is 27.5 Å². The molecule has 0 fully saturated rings. The van der Waals surface area contributed by atoms with E-state index in [0.29, 0.717) is 21.2 Å². The molecular formula is C21H18ClNO2S. The molecule has 0 aliphatic rings. The molecule has 0 saturated carbocycles. The van der Waals surface area contributed by atoms with Crippen LogP contribution in [0.2, 0.25) is 5.02 Å². The second-order valence-electron chi connectivity index (χ2n) is 6.69. The maximum Gasteiger partial charge on any atom is 0.266 e. The molecule has 0 atom stereocenters. The van der Waals surface area contributed by atoms with Crippen LogP contribution >= 0.6 is 22.9 Å². The smallest absolute Gasteiger partial charge is 0.266 e. The van der Waals surface area contributed by atoms with Gasteiger partial charge in [0.25, 0.3) is 5.56 Å². The van der Waals surface area contributed by atoms with Gasteiger partial charge in [-0.15, -0.1) is 11.3 Å². The van der Waals surface area contributed by atoms with E-state index in [-0.39, 0.29) is 12.2 Å². The fourth-order valence-electron chi connectivity index (χ4n) is 3.44. The Morgan fingerprint density at radius 1 is 1.19 bits per heavy atom. The predicted molar refractivity (Wildman–Crippen MR) is 110 cm³/mol. The van der Waals surface area contributed by atoms with Crippen molar-refractivity contribution in [2.24, 2.45) is 0 Å². The molecule has 0 saturated heterocycles. The Morgan fingerprint density at radius 3 is 2.58 bits per heavy atom. The second kappa shape index (κ2) is 6.54. The van der Waals surface area contributed by atoms with Gasteiger partial charge in [0.2, 0.25) is 0 Å². The third-order valence-electron chi connectivity index (χ3n) is 4.78. The molecule has 2 aromatic heterocycles. The molecule has 4 aromatic rings. The van der Waals surface area contributed by atoms with E-state index < -0.39 is 0 Å². The summed E-state index contributed by atoms with van der Waals surface area (Å²) >= 11 is 7.84. The molecule has 0 amide bonds. The zero-order valence-electron chi connectivity index (χ0n) is 14.5. The summed E-state index contributed by atoms with van der Waals surface area (Å²) in [6, 6.07) is 12.0. The number of aromatic nitrogens is 1. The molecule has 0 radical (unpaired) electrons. The Bertz CT molecular complexity index is 1170. The molecule has 2 aromatic carbocycles. The van der Waals surface area contributed by atoms with Crippen molar-refractivity contribution in [2.45, 2.75) is 26.4 Å². The minimum Gasteiger partial charge on any atom is -0.392 e. The van der Waals surface area contributed by atoms with Gasteiger partial charge in [-0.05, 0) is 45.7 Å². The van der Waals surface area contributed by atoms with Crippen LogP contribution in [0.15, 0.2) is 46.6 Å². The van der Waals surface area contributed by atoms with Gasteiger partial charge in [-0.25, -0.2) is 0 Å². The van der Waals surface area contributed by atoms with E-state index in [9.17, 15) is 9.90 Å². The van der Waals surface area contributed by atoms with Crippen LogP contribution in [0.1, 0.15) is 30.9 Å². The molecule has 0 unspecified atom stereocenters. The number of H-pyrrole nitrogens is 1. The van der Waals surface area contributed by atoms with Crippen LogP contribution in [-0.2, 0) is 6.61 Å². The first-order valence-corrected chi connectivity index (χ1v) is 9.72. The van der Waals surface area contributed by atoms with Crippen molar-refractivity contribution in [3.63, 3.8) is 0 Å². The summed E-state index contributed by atoms with van der Waals surface area (Å²) in [5, 5.41) is 14.1. The summed E-state index contributed by atoms with van der Waals surface area (Å²) in [5.41, 5.74) is 4.40. The number of hydrogen-bond donors (Lipinski definition) is 2. The van der Waals surface area contributed by atoms with E-state index in [1.165, 1.54) is 16.9 Å². The van der Waals surface area contributed by atoms with Crippen molar-refractivity contribution in [3.8, 4) is 11.1 Å². The Labute approximate surface area is 159 Å². The highest BCUT2D eigenvalue weighted by atomic mass is 35.5. The number of aliphatic hydroxyl groups excluding tert-OH is 1. The lowest BCUT2D eigenvalue weighted by atomic mass is 9.92. The number of aromatic amines is 1. The van der Waals surface area contributed by atoms with Gasteiger partial charge in [0.15, 0.2) is 0 Å². The van der Waals surface area contributed by atoms with Gasteiger partial charge >= 0.3 is 0 Å². The van der Waals surface area contributed by atoms with Crippen LogP contribution in [0.5, 0.6) is 0 Å². The van der Waals surface area contributed by atoms with Gasteiger partial charge in [-0.3, -0.25) is 4.79 Å². The summed E-state index contributed by atoms with van der Waals surface area (Å²) < 4.78 is 0.670. The standard InChI is InChI=1S/C21H18ClNO2S/c1-11(2)12-3-5-13(6-4-12)17-14(10-24)9-16(22)19-18(17)15-7-8-26-20(15)21(25)23-19/h3-9,11,24H,10H2,1-2H3,(H,23,25). The largest absolute Gasteiger partial charge is 0.392 e. The quantitative estimate of drug-likeness (QED) is 0.478. The molecule has 0 spiro atoms. The van der Waals surface area contributed by atoms with Crippen LogP contribution in [-0.4, -0.2) is 10.1 Å². The molecular weight excluding hydrogens is 366 g/mol. The molecule has 0 aliphatic heterocycles. The number of nitrogens with one attached hydrogen (secondary N) is 1. The van der Waals surface area contributed by atoms with Crippen molar-refractivity contribution >= 4 is 43.9 Å². The van der Waals surface area contributed by atoms with Crippen molar-refractivity contribution in [1.82, 2.24) is 4.98 Å². The Morgan fingerprint density at radius 2 is 1.92 bits per heavy atom. The van der Waals surface area contributed by atoms with Crippen LogP contribution in [0.4, 0.5) is 0 Å². The van der Waals surface area contributed by atoms with E-state index in [1.807, 2.05) is 11.4 Å². The predicted octanol–water partition coefficient (Wildman–Crippen LogP) is 5.68. The highest BCUT2D eigenvalue weighted by Crippen LogP contribution is 2.40. The monoisotopic (exact) mass is 383 g/mol. The number of fused-ring (bicyclic) bond motifs is 3. The zero-order chi connectivity index (χ0) is 18.4. The first kappa shape index (κ1) is 17.3. The number of hydrogen-bond acceptors (Lipinski definition) is 3. The van der Waals surface area contributed by atoms with E-state index in [4.69, 9.17) is 11.6 Å². The van der Waals surface area contributed by atoms with Gasteiger partial charge in [-0.2, -0.15) is 0 Å². The Balaban J connectivity index is 2.14. The average molecular weight is 384 g/mol. The third kappa shape index (κ3) is 2.65. The van der Waals surface area contributed by atoms with Gasteiger partial charge in [0.05, 0.1) is 17.1 Å². The molecule has 132 valence electrons. The minimum absolute atomic E-state index is 0.123. The van der Waals surface area contributed by atoms with Gasteiger partial charge in [0, 0.05) is 10.8 Å². The third-order valence-corrected chi connectivity index (χ3v) is 5.99. The lowest BCUT2D eigenvalue weighted by molar-refractivity contribution is 0.282. The molecule has 5 heteroatoms. The van der Waals surface area contributed by atoms with Crippen molar-refractivity contribution in [1.29, 1.82) is 0 Å². The van der Waals surface area contributed by atoms with Crippen LogP contribution < -0.4 is 5.56 Å². The van der Waals surface area contributed by atoms with Crippen LogP contribution in [0, 0.1) is 0 Å². The fourth-order valence-corrected chi connectivity index (χ4v) is 4.50. The molecule has 0 bridgehead atoms. The fraction of sp³-hybridized carbons (Fsp3) is 0.190. The topological polar surface area (TPSA) is 53.1 Å². The average Bonchev–Trinajstić information content (AvgIpc) is 3.13. The molecule has 2 heterocycles. The summed E-state index contributed by atoms with van der Waals surface area (Å²) in [6.45, 7) is 4.19. The van der Waals surface area contributed by atoms with Crippen LogP contribution in [0.25, 0.3) is 32.1 Å². The number of rotatable bonds is 3.